The van der Waals surface area contributed by atoms with Crippen molar-refractivity contribution in [1.82, 2.24) is 10.1 Å². The highest BCUT2D eigenvalue weighted by atomic mass is 16.6. The topological polar surface area (TPSA) is 47.7 Å². The fourth-order valence-corrected chi connectivity index (χ4v) is 3.73. The molecular weight excluding hydrogens is 292 g/mol. The molecule has 5 nitrogen and oxygen atoms in total. The number of nitrogens with zero attached hydrogens (tertiary/aromatic N) is 2. The van der Waals surface area contributed by atoms with Gasteiger partial charge in [0.25, 0.3) is 0 Å². The normalized spacial score (nSPS) is 20.9. The summed E-state index contributed by atoms with van der Waals surface area (Å²) in [4.78, 5) is 2.51. The zero-order valence-electron chi connectivity index (χ0n) is 13.7. The fourth-order valence-electron chi connectivity index (χ4n) is 3.73. The highest BCUT2D eigenvalue weighted by molar-refractivity contribution is 5.44. The van der Waals surface area contributed by atoms with Gasteiger partial charge in [-0.25, -0.2) is 0 Å². The Morgan fingerprint density at radius 3 is 2.78 bits per heavy atom. The molecule has 1 fully saturated rings. The van der Waals surface area contributed by atoms with E-state index in [0.717, 1.165) is 42.5 Å². The lowest BCUT2D eigenvalue weighted by Crippen LogP contribution is -2.23. The number of hydrogen-bond donors (Lipinski definition) is 0. The number of fused-ring (bicyclic) bond motifs is 1. The predicted molar refractivity (Wildman–Crippen MR) is 85.8 cm³/mol. The molecule has 122 valence electrons. The second-order valence-corrected chi connectivity index (χ2v) is 6.34. The molecule has 0 amide bonds. The van der Waals surface area contributed by atoms with Gasteiger partial charge in [-0.15, -0.1) is 0 Å². The number of hydrogen-bond acceptors (Lipinski definition) is 5. The van der Waals surface area contributed by atoms with Crippen LogP contribution in [0.5, 0.6) is 11.5 Å². The number of aromatic nitrogens is 1. The third-order valence-electron chi connectivity index (χ3n) is 4.78. The second kappa shape index (κ2) is 5.89. The van der Waals surface area contributed by atoms with Gasteiger partial charge in [0, 0.05) is 18.2 Å². The monoisotopic (exact) mass is 314 g/mol. The van der Waals surface area contributed by atoms with E-state index in [9.17, 15) is 0 Å². The fraction of sp³-hybridized carbons (Fsp3) is 0.500. The summed E-state index contributed by atoms with van der Waals surface area (Å²) in [6, 6.07) is 6.66. The third-order valence-corrected chi connectivity index (χ3v) is 4.78. The van der Waals surface area contributed by atoms with E-state index in [-0.39, 0.29) is 0 Å². The molecule has 0 aliphatic carbocycles. The molecule has 1 aromatic carbocycles. The van der Waals surface area contributed by atoms with Crippen LogP contribution in [-0.4, -0.2) is 29.8 Å². The summed E-state index contributed by atoms with van der Waals surface area (Å²) in [5.74, 6) is 2.66. The Balaban J connectivity index is 1.56. The number of ether oxygens (including phenoxy) is 2. The minimum Gasteiger partial charge on any atom is -0.486 e. The van der Waals surface area contributed by atoms with E-state index >= 15 is 0 Å². The van der Waals surface area contributed by atoms with Crippen molar-refractivity contribution >= 4 is 0 Å². The quantitative estimate of drug-likeness (QED) is 0.869. The van der Waals surface area contributed by atoms with Crippen molar-refractivity contribution < 1.29 is 14.0 Å². The molecule has 0 unspecified atom stereocenters. The average Bonchev–Trinajstić information content (AvgIpc) is 3.13. The smallest absolute Gasteiger partial charge is 0.161 e. The number of benzene rings is 1. The Hall–Kier alpha value is -2.01. The molecule has 0 spiro atoms. The maximum absolute atomic E-state index is 5.70. The van der Waals surface area contributed by atoms with Gasteiger partial charge in [0.1, 0.15) is 19.0 Å². The Bertz CT molecular complexity index is 691. The molecule has 23 heavy (non-hydrogen) atoms. The zero-order chi connectivity index (χ0) is 15.8. The van der Waals surface area contributed by atoms with Crippen LogP contribution in [0.15, 0.2) is 22.7 Å². The first-order valence-corrected chi connectivity index (χ1v) is 8.28. The Labute approximate surface area is 136 Å². The maximum atomic E-state index is 5.70. The predicted octanol–water partition coefficient (Wildman–Crippen LogP) is 3.40. The first-order chi connectivity index (χ1) is 11.2. The van der Waals surface area contributed by atoms with E-state index in [4.69, 9.17) is 14.0 Å². The minimum absolute atomic E-state index is 0.398. The molecule has 4 rings (SSSR count). The number of likely N-dealkylation sites (tertiary alicyclic amines) is 1. The van der Waals surface area contributed by atoms with Crippen LogP contribution in [0.4, 0.5) is 0 Å². The van der Waals surface area contributed by atoms with Gasteiger partial charge in [0.15, 0.2) is 11.5 Å². The van der Waals surface area contributed by atoms with E-state index in [0.29, 0.717) is 19.3 Å². The van der Waals surface area contributed by atoms with Gasteiger partial charge in [-0.2, -0.15) is 0 Å². The van der Waals surface area contributed by atoms with E-state index in [1.807, 2.05) is 19.9 Å². The molecule has 2 aliphatic rings. The van der Waals surface area contributed by atoms with E-state index in [1.54, 1.807) is 0 Å². The van der Waals surface area contributed by atoms with Gasteiger partial charge >= 0.3 is 0 Å². The van der Waals surface area contributed by atoms with Crippen molar-refractivity contribution in [2.24, 2.45) is 0 Å². The van der Waals surface area contributed by atoms with Crippen LogP contribution in [0.2, 0.25) is 0 Å². The molecule has 2 aliphatic heterocycles. The van der Waals surface area contributed by atoms with Gasteiger partial charge in [-0.3, -0.25) is 4.90 Å². The van der Waals surface area contributed by atoms with Crippen LogP contribution in [0.1, 0.15) is 41.5 Å². The molecule has 2 aromatic rings. The van der Waals surface area contributed by atoms with Crippen molar-refractivity contribution in [3.05, 3.63) is 40.8 Å². The van der Waals surface area contributed by atoms with Gasteiger partial charge < -0.3 is 14.0 Å². The molecule has 5 heteroatoms. The van der Waals surface area contributed by atoms with Crippen LogP contribution >= 0.6 is 0 Å². The van der Waals surface area contributed by atoms with Crippen LogP contribution < -0.4 is 9.47 Å². The molecule has 0 bridgehead atoms. The molecule has 1 saturated heterocycles. The Morgan fingerprint density at radius 1 is 1.17 bits per heavy atom. The summed E-state index contributed by atoms with van der Waals surface area (Å²) in [7, 11) is 0. The van der Waals surface area contributed by atoms with Crippen molar-refractivity contribution in [3.8, 4) is 11.5 Å². The van der Waals surface area contributed by atoms with Gasteiger partial charge in [0.05, 0.1) is 5.69 Å². The van der Waals surface area contributed by atoms with Crippen LogP contribution in [0.3, 0.4) is 0 Å². The zero-order valence-corrected chi connectivity index (χ0v) is 13.7. The van der Waals surface area contributed by atoms with Crippen LogP contribution in [0, 0.1) is 13.8 Å². The highest BCUT2D eigenvalue weighted by Crippen LogP contribution is 2.37. The highest BCUT2D eigenvalue weighted by Gasteiger charge is 2.30. The van der Waals surface area contributed by atoms with Crippen LogP contribution in [0.25, 0.3) is 0 Å². The summed E-state index contributed by atoms with van der Waals surface area (Å²) in [5.41, 5.74) is 3.54. The lowest BCUT2D eigenvalue weighted by Gasteiger charge is -2.25. The maximum Gasteiger partial charge on any atom is 0.161 e. The van der Waals surface area contributed by atoms with E-state index < -0.39 is 0 Å². The SMILES string of the molecule is Cc1noc(C)c1[C@@H]1CCCN1Cc1ccc2c(c1)OCCO2. The summed E-state index contributed by atoms with van der Waals surface area (Å²) in [5, 5.41) is 4.12. The lowest BCUT2D eigenvalue weighted by atomic mass is 10.0. The van der Waals surface area contributed by atoms with Gasteiger partial charge in [-0.05, 0) is 50.9 Å². The molecule has 1 aromatic heterocycles. The Morgan fingerprint density at radius 2 is 2.00 bits per heavy atom. The standard InChI is InChI=1S/C18H22N2O3/c1-12-18(13(2)23-19-12)15-4-3-7-20(15)11-14-5-6-16-17(10-14)22-9-8-21-16/h5-6,10,15H,3-4,7-9,11H2,1-2H3/t15-/m0/s1. The third kappa shape index (κ3) is 2.70. The molecule has 3 heterocycles. The Kier molecular flexibility index (Phi) is 3.73. The van der Waals surface area contributed by atoms with Crippen molar-refractivity contribution in [1.29, 1.82) is 0 Å². The van der Waals surface area contributed by atoms with Gasteiger partial charge in [-0.1, -0.05) is 11.2 Å². The number of rotatable bonds is 3. The summed E-state index contributed by atoms with van der Waals surface area (Å²) < 4.78 is 16.7. The van der Waals surface area contributed by atoms with Gasteiger partial charge in [0.2, 0.25) is 0 Å². The minimum atomic E-state index is 0.398. The lowest BCUT2D eigenvalue weighted by molar-refractivity contribution is 0.171. The van der Waals surface area contributed by atoms with Crippen molar-refractivity contribution in [2.75, 3.05) is 19.8 Å². The largest absolute Gasteiger partial charge is 0.486 e. The van der Waals surface area contributed by atoms with Crippen molar-refractivity contribution in [3.63, 3.8) is 0 Å². The number of aryl methyl sites for hydroxylation is 2. The molecule has 0 radical (unpaired) electrons. The molecule has 0 N–H and O–H groups in total. The summed E-state index contributed by atoms with van der Waals surface area (Å²) in [6.07, 6.45) is 2.37. The first-order valence-electron chi connectivity index (χ1n) is 8.28. The average molecular weight is 314 g/mol. The second-order valence-electron chi connectivity index (χ2n) is 6.34. The van der Waals surface area contributed by atoms with Crippen LogP contribution in [-0.2, 0) is 6.54 Å². The first kappa shape index (κ1) is 14.6. The molecular formula is C18H22N2O3. The summed E-state index contributed by atoms with van der Waals surface area (Å²) in [6.45, 7) is 7.31. The van der Waals surface area contributed by atoms with Crippen molar-refractivity contribution in [2.45, 2.75) is 39.3 Å². The molecule has 1 atom stereocenters. The summed E-state index contributed by atoms with van der Waals surface area (Å²) >= 11 is 0. The van der Waals surface area contributed by atoms with E-state index in [1.165, 1.54) is 17.5 Å². The molecule has 0 saturated carbocycles. The van der Waals surface area contributed by atoms with E-state index in [2.05, 4.69) is 22.2 Å².